The maximum atomic E-state index is 14.9. The first-order chi connectivity index (χ1) is 22.6. The standard InChI is InChI=1S/C35H26F7NO5/c1-17-11-19(32(44)45)3-6-24(17)18-4-10-30(47-2)27(14-18)25-7-5-23(36)16-26(25)28-8-9-29-31(48-33(46)43(28)29)20-12-21(34(37,38)39)15-22(13-20)35(40,41)42/h3-7,10-16,28-29,31H,8-9H2,1-2H3,(H,44,45)/t28-,29?,31+/m0/s1. The Hall–Kier alpha value is -5.07. The van der Waals surface area contributed by atoms with Crippen LogP contribution in [0.1, 0.15) is 63.2 Å². The first-order valence-electron chi connectivity index (χ1n) is 14.7. The summed E-state index contributed by atoms with van der Waals surface area (Å²) in [5.41, 5.74) is 0.00853. The second kappa shape index (κ2) is 11.9. The molecule has 2 fully saturated rings. The van der Waals surface area contributed by atoms with E-state index in [1.165, 1.54) is 42.3 Å². The van der Waals surface area contributed by atoms with Gasteiger partial charge in [-0.1, -0.05) is 18.2 Å². The van der Waals surface area contributed by atoms with Crippen LogP contribution in [-0.2, 0) is 17.1 Å². The molecule has 2 saturated heterocycles. The lowest BCUT2D eigenvalue weighted by molar-refractivity contribution is -0.143. The quantitative estimate of drug-likeness (QED) is 0.206. The van der Waals surface area contributed by atoms with Gasteiger partial charge in [-0.25, -0.2) is 14.0 Å². The molecule has 0 aliphatic carbocycles. The summed E-state index contributed by atoms with van der Waals surface area (Å²) in [7, 11) is 1.44. The first kappa shape index (κ1) is 32.9. The minimum atomic E-state index is -5.09. The fourth-order valence-electron chi connectivity index (χ4n) is 6.65. The number of nitrogens with zero attached hydrogens (tertiary/aromatic N) is 1. The van der Waals surface area contributed by atoms with Crippen LogP contribution in [-0.4, -0.2) is 35.2 Å². The maximum absolute atomic E-state index is 14.9. The maximum Gasteiger partial charge on any atom is 0.416 e. The Morgan fingerprint density at radius 2 is 1.52 bits per heavy atom. The minimum absolute atomic E-state index is 0.0119. The molecule has 48 heavy (non-hydrogen) atoms. The Morgan fingerprint density at radius 1 is 0.854 bits per heavy atom. The van der Waals surface area contributed by atoms with Crippen LogP contribution in [0.15, 0.2) is 72.8 Å². The number of rotatable bonds is 6. The van der Waals surface area contributed by atoms with E-state index in [-0.39, 0.29) is 24.5 Å². The number of methoxy groups -OCH3 is 1. The molecule has 2 aliphatic rings. The van der Waals surface area contributed by atoms with Crippen LogP contribution < -0.4 is 4.74 Å². The van der Waals surface area contributed by atoms with Crippen molar-refractivity contribution in [2.24, 2.45) is 0 Å². The van der Waals surface area contributed by atoms with Crippen LogP contribution in [0.5, 0.6) is 5.75 Å². The second-order valence-corrected chi connectivity index (χ2v) is 11.7. The minimum Gasteiger partial charge on any atom is -0.496 e. The highest BCUT2D eigenvalue weighted by atomic mass is 19.4. The molecule has 2 heterocycles. The molecule has 0 radical (unpaired) electrons. The van der Waals surface area contributed by atoms with Gasteiger partial charge in [0.25, 0.3) is 0 Å². The fraction of sp³-hybridized carbons (Fsp3) is 0.257. The van der Waals surface area contributed by atoms with Gasteiger partial charge in [0, 0.05) is 5.56 Å². The van der Waals surface area contributed by atoms with Crippen molar-refractivity contribution in [3.63, 3.8) is 0 Å². The van der Waals surface area contributed by atoms with Crippen molar-refractivity contribution in [1.29, 1.82) is 0 Å². The number of cyclic esters (lactones) is 1. The molecular formula is C35H26F7NO5. The third kappa shape index (κ3) is 5.93. The summed E-state index contributed by atoms with van der Waals surface area (Å²) in [6.45, 7) is 1.76. The van der Waals surface area contributed by atoms with Crippen LogP contribution >= 0.6 is 0 Å². The van der Waals surface area contributed by atoms with Gasteiger partial charge in [-0.3, -0.25) is 4.90 Å². The van der Waals surface area contributed by atoms with E-state index in [1.54, 1.807) is 31.2 Å². The lowest BCUT2D eigenvalue weighted by atomic mass is 9.90. The highest BCUT2D eigenvalue weighted by molar-refractivity contribution is 5.89. The number of carbonyl (C=O) groups is 2. The van der Waals surface area contributed by atoms with E-state index in [0.717, 1.165) is 5.56 Å². The third-order valence-electron chi connectivity index (χ3n) is 8.80. The summed E-state index contributed by atoms with van der Waals surface area (Å²) in [6, 6.07) is 13.2. The molecule has 3 atom stereocenters. The SMILES string of the molecule is COc1ccc(-c2ccc(C(=O)O)cc2C)cc1-c1ccc(F)cc1[C@@H]1CCC2[C@@H](c3cc(C(F)(F)F)cc(C(F)(F)F)c3)OC(=O)N21. The van der Waals surface area contributed by atoms with Crippen molar-refractivity contribution in [3.8, 4) is 28.0 Å². The average Bonchev–Trinajstić information content (AvgIpc) is 3.60. The van der Waals surface area contributed by atoms with Crippen LogP contribution in [0, 0.1) is 12.7 Å². The van der Waals surface area contributed by atoms with Gasteiger partial charge < -0.3 is 14.6 Å². The van der Waals surface area contributed by atoms with Crippen molar-refractivity contribution in [2.45, 2.75) is 50.3 Å². The highest BCUT2D eigenvalue weighted by Crippen LogP contribution is 2.51. The Morgan fingerprint density at radius 3 is 2.12 bits per heavy atom. The van der Waals surface area contributed by atoms with E-state index in [0.29, 0.717) is 45.7 Å². The van der Waals surface area contributed by atoms with Crippen molar-refractivity contribution in [3.05, 3.63) is 112 Å². The van der Waals surface area contributed by atoms with Gasteiger partial charge in [0.1, 0.15) is 17.7 Å². The van der Waals surface area contributed by atoms with Crippen molar-refractivity contribution in [1.82, 2.24) is 4.90 Å². The number of aromatic carboxylic acids is 1. The highest BCUT2D eigenvalue weighted by Gasteiger charge is 2.51. The molecule has 4 aromatic carbocycles. The normalized spacial score (nSPS) is 19.3. The number of halogens is 7. The number of hydrogen-bond donors (Lipinski definition) is 1. The Bertz CT molecular complexity index is 1910. The molecular weight excluding hydrogens is 647 g/mol. The van der Waals surface area contributed by atoms with E-state index in [2.05, 4.69) is 0 Å². The number of ether oxygens (including phenoxy) is 2. The number of carboxylic acid groups (broad SMARTS) is 1. The van der Waals surface area contributed by atoms with Crippen LogP contribution in [0.2, 0.25) is 0 Å². The zero-order valence-corrected chi connectivity index (χ0v) is 25.2. The predicted octanol–water partition coefficient (Wildman–Crippen LogP) is 9.61. The summed E-state index contributed by atoms with van der Waals surface area (Å²) in [6.07, 6.45) is -12.2. The van der Waals surface area contributed by atoms with Gasteiger partial charge in [0.2, 0.25) is 0 Å². The van der Waals surface area contributed by atoms with Crippen molar-refractivity contribution < 1.29 is 54.9 Å². The van der Waals surface area contributed by atoms with Crippen molar-refractivity contribution >= 4 is 12.1 Å². The molecule has 2 aliphatic heterocycles. The smallest absolute Gasteiger partial charge is 0.416 e. The van der Waals surface area contributed by atoms with Crippen molar-refractivity contribution in [2.75, 3.05) is 7.11 Å². The Kier molecular flexibility index (Phi) is 8.12. The molecule has 1 N–H and O–H groups in total. The Balaban J connectivity index is 1.41. The molecule has 4 aromatic rings. The van der Waals surface area contributed by atoms with Gasteiger partial charge in [-0.15, -0.1) is 0 Å². The van der Waals surface area contributed by atoms with Crippen LogP contribution in [0.25, 0.3) is 22.3 Å². The van der Waals surface area contributed by atoms with E-state index in [9.17, 15) is 45.4 Å². The molecule has 1 amide bonds. The number of carboxylic acids is 1. The number of hydrogen-bond acceptors (Lipinski definition) is 4. The molecule has 1 unspecified atom stereocenters. The van der Waals surface area contributed by atoms with Gasteiger partial charge in [0.15, 0.2) is 0 Å². The van der Waals surface area contributed by atoms with Crippen LogP contribution in [0.4, 0.5) is 35.5 Å². The van der Waals surface area contributed by atoms with Gasteiger partial charge >= 0.3 is 24.4 Å². The largest absolute Gasteiger partial charge is 0.496 e. The topological polar surface area (TPSA) is 76.1 Å². The molecule has 6 rings (SSSR count). The lowest BCUT2D eigenvalue weighted by Crippen LogP contribution is -2.31. The third-order valence-corrected chi connectivity index (χ3v) is 8.80. The molecule has 6 nitrogen and oxygen atoms in total. The molecule has 13 heteroatoms. The fourth-order valence-corrected chi connectivity index (χ4v) is 6.65. The number of benzene rings is 4. The zero-order valence-electron chi connectivity index (χ0n) is 25.2. The van der Waals surface area contributed by atoms with Gasteiger partial charge in [0.05, 0.1) is 35.9 Å². The van der Waals surface area contributed by atoms with E-state index in [1.807, 2.05) is 0 Å². The number of aryl methyl sites for hydroxylation is 1. The molecule has 0 saturated carbocycles. The van der Waals surface area contributed by atoms with E-state index < -0.39 is 65.1 Å². The molecule has 0 spiro atoms. The number of fused-ring (bicyclic) bond motifs is 1. The summed E-state index contributed by atoms with van der Waals surface area (Å²) in [5.74, 6) is -1.32. The number of amides is 1. The lowest BCUT2D eigenvalue weighted by Gasteiger charge is -2.26. The van der Waals surface area contributed by atoms with Crippen LogP contribution in [0.3, 0.4) is 0 Å². The summed E-state index contributed by atoms with van der Waals surface area (Å²) < 4.78 is 108. The second-order valence-electron chi connectivity index (χ2n) is 11.7. The van der Waals surface area contributed by atoms with E-state index >= 15 is 0 Å². The molecule has 0 aromatic heterocycles. The number of carbonyl (C=O) groups excluding carboxylic acids is 1. The average molecular weight is 674 g/mol. The molecule has 0 bridgehead atoms. The predicted molar refractivity (Wildman–Crippen MR) is 159 cm³/mol. The summed E-state index contributed by atoms with van der Waals surface area (Å²) in [4.78, 5) is 26.0. The summed E-state index contributed by atoms with van der Waals surface area (Å²) >= 11 is 0. The van der Waals surface area contributed by atoms with E-state index in [4.69, 9.17) is 9.47 Å². The first-order valence-corrected chi connectivity index (χ1v) is 14.7. The van der Waals surface area contributed by atoms with Gasteiger partial charge in [-0.05, 0) is 108 Å². The molecule has 250 valence electrons. The summed E-state index contributed by atoms with van der Waals surface area (Å²) in [5, 5.41) is 9.37. The zero-order chi connectivity index (χ0) is 34.7. The number of alkyl halides is 6. The van der Waals surface area contributed by atoms with Gasteiger partial charge in [-0.2, -0.15) is 26.3 Å². The monoisotopic (exact) mass is 673 g/mol. The Labute approximate surface area is 269 Å².